The summed E-state index contributed by atoms with van der Waals surface area (Å²) in [5.41, 5.74) is 1.84. The molecule has 5 rings (SSSR count). The monoisotopic (exact) mass is 482 g/mol. The highest BCUT2D eigenvalue weighted by molar-refractivity contribution is 5.85. The number of Topliss-reactive ketones (excluding diaryl/α,β-unsaturated/α-hetero) is 1. The molecule has 0 bridgehead atoms. The predicted octanol–water partition coefficient (Wildman–Crippen LogP) is 7.92. The summed E-state index contributed by atoms with van der Waals surface area (Å²) in [4.78, 5) is 26.5. The van der Waals surface area contributed by atoms with Crippen LogP contribution in [0.2, 0.25) is 0 Å². The van der Waals surface area contributed by atoms with Crippen molar-refractivity contribution in [3.05, 3.63) is 11.6 Å². The molecule has 7 atom stereocenters. The number of fused-ring (bicyclic) bond motifs is 7. The van der Waals surface area contributed by atoms with Crippen molar-refractivity contribution in [2.75, 3.05) is 6.61 Å². The van der Waals surface area contributed by atoms with Gasteiger partial charge in [0.2, 0.25) is 0 Å². The minimum absolute atomic E-state index is 0.0685. The molecule has 0 heterocycles. The fourth-order valence-corrected chi connectivity index (χ4v) is 10.7. The molecule has 0 radical (unpaired) electrons. The van der Waals surface area contributed by atoms with Crippen LogP contribution < -0.4 is 0 Å². The third-order valence-corrected chi connectivity index (χ3v) is 13.1. The van der Waals surface area contributed by atoms with Crippen LogP contribution in [0.5, 0.6) is 0 Å². The number of hydrogen-bond acceptors (Lipinski definition) is 3. The molecule has 0 saturated heterocycles. The molecular weight excluding hydrogens is 432 g/mol. The van der Waals surface area contributed by atoms with E-state index in [1.54, 1.807) is 5.57 Å². The van der Waals surface area contributed by atoms with E-state index in [0.29, 0.717) is 30.1 Å². The minimum Gasteiger partial charge on any atom is -0.466 e. The molecule has 0 aromatic carbocycles. The predicted molar refractivity (Wildman–Crippen MR) is 141 cm³/mol. The number of ether oxygens (including phenoxy) is 1. The van der Waals surface area contributed by atoms with Crippen LogP contribution in [0.25, 0.3) is 0 Å². The summed E-state index contributed by atoms with van der Waals surface area (Å²) in [6.45, 7) is 19.4. The normalized spacial score (nSPS) is 47.9. The second-order valence-corrected chi connectivity index (χ2v) is 15.2. The van der Waals surface area contributed by atoms with Gasteiger partial charge in [-0.05, 0) is 104 Å². The quantitative estimate of drug-likeness (QED) is 0.296. The molecule has 4 saturated carbocycles. The number of hydrogen-bond donors (Lipinski definition) is 0. The molecule has 196 valence electrons. The van der Waals surface area contributed by atoms with Gasteiger partial charge in [0.05, 0.1) is 12.0 Å². The number of ketones is 1. The van der Waals surface area contributed by atoms with Crippen molar-refractivity contribution in [1.29, 1.82) is 0 Å². The molecule has 5 aliphatic carbocycles. The van der Waals surface area contributed by atoms with Gasteiger partial charge >= 0.3 is 5.97 Å². The molecule has 5 aliphatic rings. The topological polar surface area (TPSA) is 43.4 Å². The van der Waals surface area contributed by atoms with E-state index in [4.69, 9.17) is 4.74 Å². The molecule has 0 aromatic rings. The Bertz CT molecular complexity index is 958. The summed E-state index contributed by atoms with van der Waals surface area (Å²) in [5.74, 6) is 1.92. The Hall–Kier alpha value is -1.12. The van der Waals surface area contributed by atoms with Crippen molar-refractivity contribution < 1.29 is 14.3 Å². The Morgan fingerprint density at radius 1 is 0.943 bits per heavy atom. The summed E-state index contributed by atoms with van der Waals surface area (Å²) in [5, 5.41) is 0. The SMILES string of the molecule is CCOC(=O)[C@]12CCC(C)(C)C[C@H]1C1=CC[C@H]3[C@@]4(C)CCC(=O)C(C)(C)[C@@H]4CC[C@@]3(C)[C@]1(C)CC2. The third kappa shape index (κ3) is 3.21. The Morgan fingerprint density at radius 2 is 1.63 bits per heavy atom. The van der Waals surface area contributed by atoms with Gasteiger partial charge in [0, 0.05) is 11.8 Å². The maximum absolute atomic E-state index is 13.6. The Morgan fingerprint density at radius 3 is 2.31 bits per heavy atom. The largest absolute Gasteiger partial charge is 0.466 e. The lowest BCUT2D eigenvalue weighted by molar-refractivity contribution is -0.191. The lowest BCUT2D eigenvalue weighted by Crippen LogP contribution is -2.64. The number of rotatable bonds is 2. The fourth-order valence-electron chi connectivity index (χ4n) is 10.7. The van der Waals surface area contributed by atoms with Crippen LogP contribution in [0.3, 0.4) is 0 Å². The Balaban J connectivity index is 1.59. The van der Waals surface area contributed by atoms with Crippen LogP contribution in [-0.2, 0) is 14.3 Å². The molecule has 3 nitrogen and oxygen atoms in total. The Labute approximate surface area is 214 Å². The first-order chi connectivity index (χ1) is 16.2. The van der Waals surface area contributed by atoms with Gasteiger partial charge in [0.25, 0.3) is 0 Å². The van der Waals surface area contributed by atoms with Crippen molar-refractivity contribution in [2.45, 2.75) is 120 Å². The van der Waals surface area contributed by atoms with Gasteiger partial charge in [-0.25, -0.2) is 0 Å². The first-order valence-corrected chi connectivity index (χ1v) is 14.6. The van der Waals surface area contributed by atoms with Crippen molar-refractivity contribution in [3.63, 3.8) is 0 Å². The molecule has 0 N–H and O–H groups in total. The van der Waals surface area contributed by atoms with E-state index in [1.807, 2.05) is 6.92 Å². The highest BCUT2D eigenvalue weighted by atomic mass is 16.5. The third-order valence-electron chi connectivity index (χ3n) is 13.1. The minimum atomic E-state index is -0.333. The zero-order valence-corrected chi connectivity index (χ0v) is 23.8. The average molecular weight is 483 g/mol. The van der Waals surface area contributed by atoms with Gasteiger partial charge in [-0.15, -0.1) is 0 Å². The van der Waals surface area contributed by atoms with E-state index >= 15 is 0 Å². The molecule has 3 heteroatoms. The molecule has 0 unspecified atom stereocenters. The summed E-state index contributed by atoms with van der Waals surface area (Å²) in [6, 6.07) is 0. The summed E-state index contributed by atoms with van der Waals surface area (Å²) in [7, 11) is 0. The zero-order valence-electron chi connectivity index (χ0n) is 23.8. The van der Waals surface area contributed by atoms with Crippen molar-refractivity contribution in [3.8, 4) is 0 Å². The molecule has 0 spiro atoms. The van der Waals surface area contributed by atoms with Crippen LogP contribution in [0.1, 0.15) is 120 Å². The van der Waals surface area contributed by atoms with Crippen LogP contribution in [0.4, 0.5) is 0 Å². The number of esters is 1. The molecule has 0 amide bonds. The Kier molecular flexibility index (Phi) is 5.62. The molecule has 4 fully saturated rings. The van der Waals surface area contributed by atoms with Gasteiger partial charge in [0.1, 0.15) is 5.78 Å². The van der Waals surface area contributed by atoms with Gasteiger partial charge in [-0.1, -0.05) is 60.1 Å². The number of carbonyl (C=O) groups is 2. The van der Waals surface area contributed by atoms with E-state index in [9.17, 15) is 9.59 Å². The summed E-state index contributed by atoms with van der Waals surface area (Å²) >= 11 is 0. The molecule has 0 aromatic heterocycles. The summed E-state index contributed by atoms with van der Waals surface area (Å²) < 4.78 is 5.78. The zero-order chi connectivity index (χ0) is 25.7. The average Bonchev–Trinajstić information content (AvgIpc) is 2.77. The van der Waals surface area contributed by atoms with Crippen LogP contribution in [0, 0.1) is 50.2 Å². The van der Waals surface area contributed by atoms with Gasteiger partial charge < -0.3 is 4.74 Å². The van der Waals surface area contributed by atoms with Gasteiger partial charge in [-0.3, -0.25) is 9.59 Å². The van der Waals surface area contributed by atoms with E-state index in [0.717, 1.165) is 57.8 Å². The van der Waals surface area contributed by atoms with Crippen molar-refractivity contribution >= 4 is 11.8 Å². The second-order valence-electron chi connectivity index (χ2n) is 15.2. The smallest absolute Gasteiger partial charge is 0.312 e. The first kappa shape index (κ1) is 25.5. The van der Waals surface area contributed by atoms with Gasteiger partial charge in [0.15, 0.2) is 0 Å². The van der Waals surface area contributed by atoms with Crippen LogP contribution >= 0.6 is 0 Å². The van der Waals surface area contributed by atoms with E-state index in [1.165, 1.54) is 6.42 Å². The van der Waals surface area contributed by atoms with E-state index in [-0.39, 0.29) is 38.5 Å². The number of allylic oxidation sites excluding steroid dienone is 2. The lowest BCUT2D eigenvalue weighted by Gasteiger charge is -2.70. The van der Waals surface area contributed by atoms with Gasteiger partial charge in [-0.2, -0.15) is 0 Å². The molecular formula is C32H50O3. The van der Waals surface area contributed by atoms with Crippen molar-refractivity contribution in [2.24, 2.45) is 50.2 Å². The first-order valence-electron chi connectivity index (χ1n) is 14.6. The fraction of sp³-hybridized carbons (Fsp3) is 0.875. The standard InChI is InChI=1S/C32H50O3/c1-9-35-26(34)32-18-16-27(2,3)20-22(32)21-10-11-24-29(6)14-13-25(33)28(4,5)23(29)12-15-31(24,8)30(21,7)17-19-32/h10,22-24H,9,11-20H2,1-8H3/t22-,23-,24-,29-,30+,31+,32-/m0/s1. The lowest BCUT2D eigenvalue weighted by atomic mass is 9.33. The maximum Gasteiger partial charge on any atom is 0.312 e. The van der Waals surface area contributed by atoms with Crippen molar-refractivity contribution in [1.82, 2.24) is 0 Å². The van der Waals surface area contributed by atoms with Crippen LogP contribution in [-0.4, -0.2) is 18.4 Å². The highest BCUT2D eigenvalue weighted by Gasteiger charge is 2.69. The number of carbonyl (C=O) groups excluding carboxylic acids is 2. The van der Waals surface area contributed by atoms with E-state index in [2.05, 4.69) is 54.5 Å². The molecule has 0 aliphatic heterocycles. The molecule has 35 heavy (non-hydrogen) atoms. The second kappa shape index (κ2) is 7.70. The summed E-state index contributed by atoms with van der Waals surface area (Å²) in [6.07, 6.45) is 13.1. The van der Waals surface area contributed by atoms with Crippen LogP contribution in [0.15, 0.2) is 11.6 Å². The highest BCUT2D eigenvalue weighted by Crippen LogP contribution is 2.75. The van der Waals surface area contributed by atoms with E-state index < -0.39 is 0 Å². The maximum atomic E-state index is 13.6.